The molecule has 0 unspecified atom stereocenters. The van der Waals surface area contributed by atoms with Crippen LogP contribution in [0, 0.1) is 11.8 Å². The van der Waals surface area contributed by atoms with Crippen LogP contribution in [-0.4, -0.2) is 41.6 Å². The highest BCUT2D eigenvalue weighted by Gasteiger charge is 2.25. The van der Waals surface area contributed by atoms with Gasteiger partial charge in [0.2, 0.25) is 0 Å². The highest BCUT2D eigenvalue weighted by atomic mass is 16.4. The summed E-state index contributed by atoms with van der Waals surface area (Å²) in [6.45, 7) is 2.18. The van der Waals surface area contributed by atoms with Gasteiger partial charge in [0.25, 0.3) is 0 Å². The Hall–Kier alpha value is -1.26. The second kappa shape index (κ2) is 6.07. The highest BCUT2D eigenvalue weighted by Crippen LogP contribution is 2.25. The van der Waals surface area contributed by atoms with Crippen molar-refractivity contribution in [1.29, 1.82) is 0 Å². The SMILES string of the molecule is O=C(O)CC1CCN(C(=O)NCC2CCC2)CC1. The summed E-state index contributed by atoms with van der Waals surface area (Å²) in [6.07, 6.45) is 5.62. The van der Waals surface area contributed by atoms with Crippen molar-refractivity contribution in [2.24, 2.45) is 11.8 Å². The zero-order chi connectivity index (χ0) is 13.0. The Balaban J connectivity index is 1.65. The van der Waals surface area contributed by atoms with E-state index in [1.54, 1.807) is 0 Å². The molecule has 102 valence electrons. The molecule has 0 spiro atoms. The van der Waals surface area contributed by atoms with Gasteiger partial charge in [0.1, 0.15) is 0 Å². The van der Waals surface area contributed by atoms with Gasteiger partial charge in [-0.15, -0.1) is 0 Å². The van der Waals surface area contributed by atoms with Gasteiger partial charge in [-0.3, -0.25) is 4.79 Å². The number of urea groups is 1. The number of carbonyl (C=O) groups is 2. The predicted octanol–water partition coefficient (Wildman–Crippen LogP) is 1.68. The van der Waals surface area contributed by atoms with Crippen molar-refractivity contribution in [2.45, 2.75) is 38.5 Å². The summed E-state index contributed by atoms with van der Waals surface area (Å²) in [7, 11) is 0. The van der Waals surface area contributed by atoms with E-state index >= 15 is 0 Å². The van der Waals surface area contributed by atoms with Crippen LogP contribution in [0.1, 0.15) is 38.5 Å². The van der Waals surface area contributed by atoms with Gasteiger partial charge < -0.3 is 15.3 Å². The molecule has 2 aliphatic rings. The maximum absolute atomic E-state index is 11.9. The number of carboxylic acid groups (broad SMARTS) is 1. The molecule has 2 amide bonds. The minimum absolute atomic E-state index is 0.0238. The van der Waals surface area contributed by atoms with E-state index in [2.05, 4.69) is 5.32 Å². The number of piperidine rings is 1. The van der Waals surface area contributed by atoms with Crippen LogP contribution in [-0.2, 0) is 4.79 Å². The molecule has 0 atom stereocenters. The first-order chi connectivity index (χ1) is 8.65. The number of nitrogens with zero attached hydrogens (tertiary/aromatic N) is 1. The molecule has 0 radical (unpaired) electrons. The molecule has 0 aromatic carbocycles. The van der Waals surface area contributed by atoms with Crippen molar-refractivity contribution in [2.75, 3.05) is 19.6 Å². The Morgan fingerprint density at radius 2 is 1.78 bits per heavy atom. The van der Waals surface area contributed by atoms with Crippen LogP contribution in [0.4, 0.5) is 4.79 Å². The van der Waals surface area contributed by atoms with Crippen molar-refractivity contribution in [3.63, 3.8) is 0 Å². The molecule has 2 N–H and O–H groups in total. The predicted molar refractivity (Wildman–Crippen MR) is 67.3 cm³/mol. The summed E-state index contributed by atoms with van der Waals surface area (Å²) in [6, 6.07) is 0.0238. The molecule has 2 fully saturated rings. The molecule has 5 nitrogen and oxygen atoms in total. The van der Waals surface area contributed by atoms with Crippen LogP contribution in [0.15, 0.2) is 0 Å². The van der Waals surface area contributed by atoms with Crippen molar-refractivity contribution < 1.29 is 14.7 Å². The zero-order valence-corrected chi connectivity index (χ0v) is 10.7. The number of likely N-dealkylation sites (tertiary alicyclic amines) is 1. The molecule has 2 rings (SSSR count). The average Bonchev–Trinajstić information content (AvgIpc) is 2.27. The molecule has 0 aromatic heterocycles. The second-order valence-corrected chi connectivity index (χ2v) is 5.51. The summed E-state index contributed by atoms with van der Waals surface area (Å²) in [5, 5.41) is 11.7. The van der Waals surface area contributed by atoms with Crippen LogP contribution in [0.3, 0.4) is 0 Å². The third-order valence-corrected chi connectivity index (χ3v) is 4.13. The third kappa shape index (κ3) is 3.62. The first-order valence-corrected chi connectivity index (χ1v) is 6.89. The van der Waals surface area contributed by atoms with E-state index in [0.717, 1.165) is 19.4 Å². The zero-order valence-electron chi connectivity index (χ0n) is 10.7. The molecular formula is C13H22N2O3. The van der Waals surface area contributed by atoms with E-state index in [9.17, 15) is 9.59 Å². The summed E-state index contributed by atoms with van der Waals surface area (Å²) >= 11 is 0. The topological polar surface area (TPSA) is 69.6 Å². The Morgan fingerprint density at radius 3 is 2.28 bits per heavy atom. The molecular weight excluding hydrogens is 232 g/mol. The van der Waals surface area contributed by atoms with Crippen molar-refractivity contribution in [3.05, 3.63) is 0 Å². The van der Waals surface area contributed by atoms with E-state index < -0.39 is 5.97 Å². The maximum Gasteiger partial charge on any atom is 0.317 e. The number of rotatable bonds is 4. The number of nitrogens with one attached hydrogen (secondary N) is 1. The molecule has 0 bridgehead atoms. The van der Waals surface area contributed by atoms with Crippen LogP contribution in [0.25, 0.3) is 0 Å². The summed E-state index contributed by atoms with van der Waals surface area (Å²) in [5.41, 5.74) is 0. The molecule has 0 aromatic rings. The summed E-state index contributed by atoms with van der Waals surface area (Å²) < 4.78 is 0. The van der Waals surface area contributed by atoms with Gasteiger partial charge in [0.15, 0.2) is 0 Å². The van der Waals surface area contributed by atoms with Crippen molar-refractivity contribution in [3.8, 4) is 0 Å². The minimum Gasteiger partial charge on any atom is -0.481 e. The fourth-order valence-corrected chi connectivity index (χ4v) is 2.63. The largest absolute Gasteiger partial charge is 0.481 e. The third-order valence-electron chi connectivity index (χ3n) is 4.13. The highest BCUT2D eigenvalue weighted by molar-refractivity contribution is 5.74. The number of carboxylic acids is 1. The lowest BCUT2D eigenvalue weighted by Crippen LogP contribution is -2.46. The first-order valence-electron chi connectivity index (χ1n) is 6.89. The van der Waals surface area contributed by atoms with Gasteiger partial charge in [-0.1, -0.05) is 6.42 Å². The Morgan fingerprint density at radius 1 is 1.11 bits per heavy atom. The smallest absolute Gasteiger partial charge is 0.317 e. The maximum atomic E-state index is 11.9. The van der Waals surface area contributed by atoms with Crippen LogP contribution in [0.2, 0.25) is 0 Å². The number of aliphatic carboxylic acids is 1. The van der Waals surface area contributed by atoms with Gasteiger partial charge in [0, 0.05) is 26.1 Å². The van der Waals surface area contributed by atoms with E-state index in [-0.39, 0.29) is 18.4 Å². The Kier molecular flexibility index (Phi) is 4.44. The Bertz CT molecular complexity index is 307. The van der Waals surface area contributed by atoms with Crippen LogP contribution in [0.5, 0.6) is 0 Å². The standard InChI is InChI=1S/C13H22N2O3/c16-12(17)8-10-4-6-15(7-5-10)13(18)14-9-11-2-1-3-11/h10-11H,1-9H2,(H,14,18)(H,16,17). The fraction of sp³-hybridized carbons (Fsp3) is 0.846. The number of amides is 2. The molecule has 5 heteroatoms. The minimum atomic E-state index is -0.733. The normalized spacial score (nSPS) is 21.4. The van der Waals surface area contributed by atoms with Crippen LogP contribution >= 0.6 is 0 Å². The van der Waals surface area contributed by atoms with Gasteiger partial charge in [-0.25, -0.2) is 4.79 Å². The summed E-state index contributed by atoms with van der Waals surface area (Å²) in [5.74, 6) is 0.180. The monoisotopic (exact) mass is 254 g/mol. The van der Waals surface area contributed by atoms with E-state index in [0.29, 0.717) is 19.0 Å². The molecule has 1 saturated carbocycles. The van der Waals surface area contributed by atoms with Gasteiger partial charge in [-0.2, -0.15) is 0 Å². The van der Waals surface area contributed by atoms with Crippen molar-refractivity contribution in [1.82, 2.24) is 10.2 Å². The second-order valence-electron chi connectivity index (χ2n) is 5.51. The average molecular weight is 254 g/mol. The van der Waals surface area contributed by atoms with Gasteiger partial charge in [-0.05, 0) is 37.5 Å². The Labute approximate surface area is 108 Å². The van der Waals surface area contributed by atoms with E-state index in [1.165, 1.54) is 19.3 Å². The molecule has 1 heterocycles. The lowest BCUT2D eigenvalue weighted by atomic mass is 9.85. The lowest BCUT2D eigenvalue weighted by molar-refractivity contribution is -0.138. The van der Waals surface area contributed by atoms with Gasteiger partial charge in [0.05, 0.1) is 0 Å². The van der Waals surface area contributed by atoms with Gasteiger partial charge >= 0.3 is 12.0 Å². The number of carbonyl (C=O) groups excluding carboxylic acids is 1. The lowest BCUT2D eigenvalue weighted by Gasteiger charge is -2.32. The van der Waals surface area contributed by atoms with Crippen molar-refractivity contribution >= 4 is 12.0 Å². The quantitative estimate of drug-likeness (QED) is 0.802. The molecule has 1 saturated heterocycles. The molecule has 1 aliphatic carbocycles. The summed E-state index contributed by atoms with van der Waals surface area (Å²) in [4.78, 5) is 24.3. The van der Waals surface area contributed by atoms with E-state index in [4.69, 9.17) is 5.11 Å². The van der Waals surface area contributed by atoms with Crippen LogP contribution < -0.4 is 5.32 Å². The first kappa shape index (κ1) is 13.2. The fourth-order valence-electron chi connectivity index (χ4n) is 2.63. The molecule has 18 heavy (non-hydrogen) atoms. The number of hydrogen-bond acceptors (Lipinski definition) is 2. The van der Waals surface area contributed by atoms with E-state index in [1.807, 2.05) is 4.90 Å². The number of hydrogen-bond donors (Lipinski definition) is 2. The molecule has 1 aliphatic heterocycles.